The average Bonchev–Trinajstić information content (AvgIpc) is 2.77. The normalized spacial score (nSPS) is 11.8. The van der Waals surface area contributed by atoms with E-state index in [1.807, 2.05) is 5.16 Å². The van der Waals surface area contributed by atoms with Gasteiger partial charge in [0.05, 0.1) is 0 Å². The highest BCUT2D eigenvalue weighted by molar-refractivity contribution is 5.99. The number of hydrogen-bond acceptors (Lipinski definition) is 5. The maximum Gasteiger partial charge on any atom is 0.310 e. The molecule has 0 aliphatic carbocycles. The number of nitrogens with one attached hydrogen (secondary N) is 1. The molecule has 2 rings (SSSR count). The maximum absolute atomic E-state index is 13.1. The van der Waals surface area contributed by atoms with Crippen LogP contribution < -0.4 is 5.56 Å². The minimum absolute atomic E-state index is 0.0519. The molecule has 0 saturated heterocycles. The van der Waals surface area contributed by atoms with Crippen LogP contribution in [0.5, 0.6) is 0 Å². The first-order valence-corrected chi connectivity index (χ1v) is 5.12. The lowest BCUT2D eigenvalue weighted by atomic mass is 10.0. The summed E-state index contributed by atoms with van der Waals surface area (Å²) in [5.41, 5.74) is 0.542. The topological polar surface area (TPSA) is 91.5 Å². The van der Waals surface area contributed by atoms with E-state index in [0.29, 0.717) is 11.1 Å². The van der Waals surface area contributed by atoms with Gasteiger partial charge in [-0.1, -0.05) is 17.3 Å². The number of hydrogen-bond donors (Lipinski definition) is 2. The summed E-state index contributed by atoms with van der Waals surface area (Å²) in [4.78, 5) is 11.3. The van der Waals surface area contributed by atoms with Gasteiger partial charge in [-0.2, -0.15) is 5.16 Å². The van der Waals surface area contributed by atoms with Crippen LogP contribution in [0.2, 0.25) is 0 Å². The van der Waals surface area contributed by atoms with E-state index < -0.39 is 5.56 Å². The van der Waals surface area contributed by atoms with Crippen LogP contribution in [0, 0.1) is 12.7 Å². The maximum atomic E-state index is 13.1. The van der Waals surface area contributed by atoms with Gasteiger partial charge in [-0.15, -0.1) is 0 Å². The Bertz CT molecular complexity index is 645. The number of rotatable bonds is 3. The molecule has 18 heavy (non-hydrogen) atoms. The van der Waals surface area contributed by atoms with Crippen molar-refractivity contribution < 1.29 is 14.2 Å². The first-order chi connectivity index (χ1) is 8.61. The SMILES string of the molecule is Cc1cc(C/C(=N\O)c2no[nH]c2=O)ccc1F. The predicted octanol–water partition coefficient (Wildman–Crippen LogP) is 1.23. The van der Waals surface area contributed by atoms with Crippen LogP contribution in [0.4, 0.5) is 4.39 Å². The van der Waals surface area contributed by atoms with Crippen LogP contribution in [-0.4, -0.2) is 21.2 Å². The van der Waals surface area contributed by atoms with Gasteiger partial charge in [0.25, 0.3) is 0 Å². The standard InChI is InChI=1S/C11H10FN3O3/c1-6-4-7(2-3-8(6)12)5-9(13-17)10-11(16)15-18-14-10/h2-4,17H,5H2,1H3,(H,15,16)/b13-9+. The van der Waals surface area contributed by atoms with Crippen molar-refractivity contribution in [2.75, 3.05) is 0 Å². The van der Waals surface area contributed by atoms with Crippen LogP contribution in [0.3, 0.4) is 0 Å². The molecule has 1 aromatic heterocycles. The lowest BCUT2D eigenvalue weighted by Gasteiger charge is -2.03. The lowest BCUT2D eigenvalue weighted by molar-refractivity contribution is 0.301. The third kappa shape index (κ3) is 2.29. The van der Waals surface area contributed by atoms with Crippen LogP contribution in [0.1, 0.15) is 16.8 Å². The molecule has 0 spiro atoms. The Morgan fingerprint density at radius 3 is 2.94 bits per heavy atom. The van der Waals surface area contributed by atoms with Crippen molar-refractivity contribution in [3.05, 3.63) is 51.2 Å². The van der Waals surface area contributed by atoms with E-state index in [1.165, 1.54) is 6.07 Å². The minimum Gasteiger partial charge on any atom is -0.411 e. The summed E-state index contributed by atoms with van der Waals surface area (Å²) in [7, 11) is 0. The van der Waals surface area contributed by atoms with Crippen molar-refractivity contribution in [3.63, 3.8) is 0 Å². The van der Waals surface area contributed by atoms with Crippen LogP contribution >= 0.6 is 0 Å². The molecule has 0 atom stereocenters. The second kappa shape index (κ2) is 4.82. The molecule has 0 saturated carbocycles. The van der Waals surface area contributed by atoms with E-state index in [-0.39, 0.29) is 23.6 Å². The Labute approximate surface area is 101 Å². The molecule has 2 N–H and O–H groups in total. The van der Waals surface area contributed by atoms with Crippen molar-refractivity contribution in [3.8, 4) is 0 Å². The molecule has 0 amide bonds. The number of aromatic amines is 1. The van der Waals surface area contributed by atoms with Crippen LogP contribution in [-0.2, 0) is 6.42 Å². The molecule has 7 heteroatoms. The Morgan fingerprint density at radius 2 is 2.39 bits per heavy atom. The van der Waals surface area contributed by atoms with Gasteiger partial charge in [0.2, 0.25) is 0 Å². The second-order valence-corrected chi connectivity index (χ2v) is 3.77. The van der Waals surface area contributed by atoms with Gasteiger partial charge in [-0.25, -0.2) is 4.39 Å². The highest BCUT2D eigenvalue weighted by Gasteiger charge is 2.14. The first kappa shape index (κ1) is 12.0. The highest BCUT2D eigenvalue weighted by Crippen LogP contribution is 2.11. The van der Waals surface area contributed by atoms with Crippen molar-refractivity contribution in [2.45, 2.75) is 13.3 Å². The van der Waals surface area contributed by atoms with E-state index in [1.54, 1.807) is 19.1 Å². The van der Waals surface area contributed by atoms with Crippen molar-refractivity contribution in [1.82, 2.24) is 10.3 Å². The predicted molar refractivity (Wildman–Crippen MR) is 60.3 cm³/mol. The molecule has 1 aromatic carbocycles. The zero-order chi connectivity index (χ0) is 13.1. The first-order valence-electron chi connectivity index (χ1n) is 5.12. The lowest BCUT2D eigenvalue weighted by Crippen LogP contribution is -2.16. The zero-order valence-electron chi connectivity index (χ0n) is 9.48. The molecule has 94 valence electrons. The fraction of sp³-hybridized carbons (Fsp3) is 0.182. The molecule has 0 bridgehead atoms. The molecule has 0 radical (unpaired) electrons. The number of aryl methyl sites for hydroxylation is 1. The molecule has 0 unspecified atom stereocenters. The monoisotopic (exact) mass is 251 g/mol. The summed E-state index contributed by atoms with van der Waals surface area (Å²) in [6.45, 7) is 1.62. The van der Waals surface area contributed by atoms with Crippen molar-refractivity contribution >= 4 is 5.71 Å². The van der Waals surface area contributed by atoms with Crippen LogP contribution in [0.25, 0.3) is 0 Å². The molecule has 0 fully saturated rings. The summed E-state index contributed by atoms with van der Waals surface area (Å²) >= 11 is 0. The zero-order valence-corrected chi connectivity index (χ0v) is 9.48. The fourth-order valence-corrected chi connectivity index (χ4v) is 1.56. The molecular weight excluding hydrogens is 241 g/mol. The van der Waals surface area contributed by atoms with Crippen molar-refractivity contribution in [2.24, 2.45) is 5.16 Å². The van der Waals surface area contributed by atoms with Gasteiger partial charge in [-0.05, 0) is 29.3 Å². The van der Waals surface area contributed by atoms with Gasteiger partial charge in [0.1, 0.15) is 11.5 Å². The van der Waals surface area contributed by atoms with Crippen molar-refractivity contribution in [1.29, 1.82) is 0 Å². The van der Waals surface area contributed by atoms with Gasteiger partial charge >= 0.3 is 5.56 Å². The third-order valence-electron chi connectivity index (χ3n) is 2.48. The molecule has 0 aliphatic heterocycles. The average molecular weight is 251 g/mol. The van der Waals surface area contributed by atoms with Gasteiger partial charge < -0.3 is 5.21 Å². The number of benzene rings is 1. The Hall–Kier alpha value is -2.44. The number of aromatic nitrogens is 2. The second-order valence-electron chi connectivity index (χ2n) is 3.77. The highest BCUT2D eigenvalue weighted by atomic mass is 19.1. The Balaban J connectivity index is 2.30. The van der Waals surface area contributed by atoms with Gasteiger partial charge in [-0.3, -0.25) is 9.42 Å². The number of nitrogens with zero attached hydrogens (tertiary/aromatic N) is 2. The summed E-state index contributed by atoms with van der Waals surface area (Å²) in [6.07, 6.45) is 0.146. The quantitative estimate of drug-likeness (QED) is 0.487. The number of halogens is 1. The van der Waals surface area contributed by atoms with E-state index in [9.17, 15) is 9.18 Å². The summed E-state index contributed by atoms with van der Waals surface area (Å²) < 4.78 is 17.5. The Kier molecular flexibility index (Phi) is 3.22. The minimum atomic E-state index is -0.582. The molecule has 6 nitrogen and oxygen atoms in total. The molecular formula is C11H10FN3O3. The largest absolute Gasteiger partial charge is 0.411 e. The van der Waals surface area contributed by atoms with Gasteiger partial charge in [0.15, 0.2) is 5.69 Å². The molecule has 1 heterocycles. The number of oxime groups is 1. The summed E-state index contributed by atoms with van der Waals surface area (Å²) in [5.74, 6) is -0.319. The van der Waals surface area contributed by atoms with E-state index in [4.69, 9.17) is 5.21 Å². The Morgan fingerprint density at radius 1 is 1.61 bits per heavy atom. The van der Waals surface area contributed by atoms with Gasteiger partial charge in [0, 0.05) is 6.42 Å². The van der Waals surface area contributed by atoms with E-state index in [2.05, 4.69) is 14.9 Å². The molecule has 0 aliphatic rings. The number of H-pyrrole nitrogens is 1. The van der Waals surface area contributed by atoms with Crippen LogP contribution in [0.15, 0.2) is 32.8 Å². The molecule has 2 aromatic rings. The third-order valence-corrected chi connectivity index (χ3v) is 2.48. The van der Waals surface area contributed by atoms with E-state index >= 15 is 0 Å². The summed E-state index contributed by atoms with van der Waals surface area (Å²) in [5, 5.41) is 17.3. The summed E-state index contributed by atoms with van der Waals surface area (Å²) in [6, 6.07) is 4.46. The fourth-order valence-electron chi connectivity index (χ4n) is 1.56. The van der Waals surface area contributed by atoms with E-state index in [0.717, 1.165) is 0 Å². The smallest absolute Gasteiger partial charge is 0.310 e.